The minimum atomic E-state index is -0.510. The summed E-state index contributed by atoms with van der Waals surface area (Å²) in [6, 6.07) is 24.2. The van der Waals surface area contributed by atoms with Gasteiger partial charge in [-0.2, -0.15) is 5.26 Å². The number of anilines is 1. The number of hydrogen-bond acceptors (Lipinski definition) is 4. The Labute approximate surface area is 166 Å². The number of amides is 1. The number of ether oxygens (including phenoxy) is 1. The molecule has 0 saturated heterocycles. The van der Waals surface area contributed by atoms with Crippen LogP contribution in [0.2, 0.25) is 5.02 Å². The molecule has 0 spiro atoms. The molecular formula is C21H15ClN2O2S. The lowest BCUT2D eigenvalue weighted by Gasteiger charge is -2.08. The number of rotatable bonds is 5. The Balaban J connectivity index is 1.57. The molecule has 0 aliphatic heterocycles. The van der Waals surface area contributed by atoms with Gasteiger partial charge in [-0.05, 0) is 48.0 Å². The van der Waals surface area contributed by atoms with Crippen molar-refractivity contribution in [3.05, 3.63) is 88.9 Å². The van der Waals surface area contributed by atoms with Crippen molar-refractivity contribution in [3.8, 4) is 6.07 Å². The van der Waals surface area contributed by atoms with Crippen LogP contribution in [0.5, 0.6) is 0 Å². The monoisotopic (exact) mass is 394 g/mol. The molecule has 134 valence electrons. The summed E-state index contributed by atoms with van der Waals surface area (Å²) in [7, 11) is 0. The summed E-state index contributed by atoms with van der Waals surface area (Å²) in [5.74, 6) is 0. The molecule has 3 aromatic rings. The first-order chi connectivity index (χ1) is 13.1. The van der Waals surface area contributed by atoms with E-state index in [-0.39, 0.29) is 6.61 Å². The largest absolute Gasteiger partial charge is 0.444 e. The molecule has 0 aromatic heterocycles. The second-order valence-electron chi connectivity index (χ2n) is 5.57. The highest BCUT2D eigenvalue weighted by atomic mass is 35.5. The Bertz CT molecular complexity index is 970. The van der Waals surface area contributed by atoms with Crippen LogP contribution < -0.4 is 5.32 Å². The zero-order chi connectivity index (χ0) is 19.1. The molecule has 0 aliphatic rings. The van der Waals surface area contributed by atoms with Crippen molar-refractivity contribution in [2.75, 3.05) is 5.32 Å². The third-order valence-electron chi connectivity index (χ3n) is 3.60. The van der Waals surface area contributed by atoms with Crippen molar-refractivity contribution in [2.45, 2.75) is 16.4 Å². The second kappa shape index (κ2) is 9.13. The molecule has 0 aliphatic carbocycles. The van der Waals surface area contributed by atoms with Gasteiger partial charge in [-0.3, -0.25) is 5.32 Å². The zero-order valence-electron chi connectivity index (χ0n) is 14.2. The maximum Gasteiger partial charge on any atom is 0.411 e. The van der Waals surface area contributed by atoms with Gasteiger partial charge in [0.25, 0.3) is 0 Å². The molecule has 27 heavy (non-hydrogen) atoms. The molecule has 1 N–H and O–H groups in total. The van der Waals surface area contributed by atoms with E-state index in [1.807, 2.05) is 48.5 Å². The van der Waals surface area contributed by atoms with Crippen LogP contribution in [0, 0.1) is 11.3 Å². The fourth-order valence-electron chi connectivity index (χ4n) is 2.29. The van der Waals surface area contributed by atoms with Gasteiger partial charge in [-0.1, -0.05) is 53.7 Å². The lowest BCUT2D eigenvalue weighted by Crippen LogP contribution is -2.13. The van der Waals surface area contributed by atoms with E-state index in [1.54, 1.807) is 24.3 Å². The molecular weight excluding hydrogens is 380 g/mol. The van der Waals surface area contributed by atoms with Crippen LogP contribution in [-0.4, -0.2) is 6.09 Å². The van der Waals surface area contributed by atoms with Crippen molar-refractivity contribution in [2.24, 2.45) is 0 Å². The molecule has 0 atom stereocenters. The van der Waals surface area contributed by atoms with Gasteiger partial charge in [0.15, 0.2) is 0 Å². The maximum absolute atomic E-state index is 11.9. The van der Waals surface area contributed by atoms with Gasteiger partial charge in [0.2, 0.25) is 0 Å². The first kappa shape index (κ1) is 18.8. The molecule has 0 saturated carbocycles. The molecule has 0 unspecified atom stereocenters. The van der Waals surface area contributed by atoms with Crippen LogP contribution in [0.25, 0.3) is 0 Å². The van der Waals surface area contributed by atoms with Gasteiger partial charge in [0.1, 0.15) is 12.7 Å². The number of nitriles is 1. The number of carbonyl (C=O) groups is 1. The molecule has 0 fully saturated rings. The Morgan fingerprint density at radius 2 is 1.81 bits per heavy atom. The third kappa shape index (κ3) is 5.52. The van der Waals surface area contributed by atoms with Gasteiger partial charge in [-0.25, -0.2) is 4.79 Å². The standard InChI is InChI=1S/C21H15ClN2O2S/c22-17-6-11-20(16(12-17)13-23)27-19-9-7-18(8-10-19)24-21(25)26-14-15-4-2-1-3-5-15/h1-12H,14H2,(H,24,25). The van der Waals surface area contributed by atoms with E-state index >= 15 is 0 Å². The number of nitrogens with one attached hydrogen (secondary N) is 1. The first-order valence-corrected chi connectivity index (χ1v) is 9.29. The van der Waals surface area contributed by atoms with Crippen molar-refractivity contribution in [1.82, 2.24) is 0 Å². The van der Waals surface area contributed by atoms with E-state index in [0.717, 1.165) is 15.4 Å². The molecule has 4 nitrogen and oxygen atoms in total. The van der Waals surface area contributed by atoms with Gasteiger partial charge in [-0.15, -0.1) is 0 Å². The number of benzene rings is 3. The summed E-state index contributed by atoms with van der Waals surface area (Å²) in [6.45, 7) is 0.216. The molecule has 0 radical (unpaired) electrons. The average molecular weight is 395 g/mol. The number of halogens is 1. The van der Waals surface area contributed by atoms with E-state index in [1.165, 1.54) is 11.8 Å². The summed E-state index contributed by atoms with van der Waals surface area (Å²) in [4.78, 5) is 13.7. The van der Waals surface area contributed by atoms with Crippen molar-refractivity contribution in [3.63, 3.8) is 0 Å². The summed E-state index contributed by atoms with van der Waals surface area (Å²) in [5, 5.41) is 12.4. The topological polar surface area (TPSA) is 62.1 Å². The Morgan fingerprint density at radius 3 is 2.52 bits per heavy atom. The second-order valence-corrected chi connectivity index (χ2v) is 7.12. The number of nitrogens with zero attached hydrogens (tertiary/aromatic N) is 1. The Morgan fingerprint density at radius 1 is 1.07 bits per heavy atom. The van der Waals surface area contributed by atoms with E-state index in [0.29, 0.717) is 16.3 Å². The minimum absolute atomic E-state index is 0.216. The van der Waals surface area contributed by atoms with Crippen molar-refractivity contribution >= 4 is 35.1 Å². The van der Waals surface area contributed by atoms with Crippen molar-refractivity contribution < 1.29 is 9.53 Å². The quantitative estimate of drug-likeness (QED) is 0.566. The van der Waals surface area contributed by atoms with Crippen LogP contribution in [0.15, 0.2) is 82.6 Å². The van der Waals surface area contributed by atoms with Crippen LogP contribution in [-0.2, 0) is 11.3 Å². The summed E-state index contributed by atoms with van der Waals surface area (Å²) in [5.41, 5.74) is 2.09. The lowest BCUT2D eigenvalue weighted by atomic mass is 10.2. The van der Waals surface area contributed by atoms with Gasteiger partial charge < -0.3 is 4.74 Å². The van der Waals surface area contributed by atoms with Gasteiger partial charge >= 0.3 is 6.09 Å². The van der Waals surface area contributed by atoms with E-state index in [9.17, 15) is 10.1 Å². The predicted octanol–water partition coefficient (Wildman–Crippen LogP) is 6.11. The van der Waals surface area contributed by atoms with Gasteiger partial charge in [0, 0.05) is 20.5 Å². The first-order valence-electron chi connectivity index (χ1n) is 8.09. The highest BCUT2D eigenvalue weighted by molar-refractivity contribution is 7.99. The average Bonchev–Trinajstić information content (AvgIpc) is 2.70. The normalized spacial score (nSPS) is 10.1. The number of hydrogen-bond donors (Lipinski definition) is 1. The zero-order valence-corrected chi connectivity index (χ0v) is 15.8. The van der Waals surface area contributed by atoms with Crippen LogP contribution >= 0.6 is 23.4 Å². The van der Waals surface area contributed by atoms with Crippen LogP contribution in [0.3, 0.4) is 0 Å². The molecule has 0 bridgehead atoms. The smallest absolute Gasteiger partial charge is 0.411 e. The van der Waals surface area contributed by atoms with Crippen LogP contribution in [0.4, 0.5) is 10.5 Å². The fraction of sp³-hybridized carbons (Fsp3) is 0.0476. The SMILES string of the molecule is N#Cc1cc(Cl)ccc1Sc1ccc(NC(=O)OCc2ccccc2)cc1. The highest BCUT2D eigenvalue weighted by Crippen LogP contribution is 2.32. The molecule has 6 heteroatoms. The van der Waals surface area contributed by atoms with Crippen molar-refractivity contribution in [1.29, 1.82) is 5.26 Å². The van der Waals surface area contributed by atoms with E-state index in [4.69, 9.17) is 16.3 Å². The molecule has 3 aromatic carbocycles. The third-order valence-corrected chi connectivity index (χ3v) is 4.92. The highest BCUT2D eigenvalue weighted by Gasteiger charge is 2.07. The maximum atomic E-state index is 11.9. The molecule has 0 heterocycles. The van der Waals surface area contributed by atoms with E-state index in [2.05, 4.69) is 11.4 Å². The summed E-state index contributed by atoms with van der Waals surface area (Å²) in [6.07, 6.45) is -0.510. The summed E-state index contributed by atoms with van der Waals surface area (Å²) >= 11 is 7.38. The lowest BCUT2D eigenvalue weighted by molar-refractivity contribution is 0.155. The van der Waals surface area contributed by atoms with Crippen LogP contribution in [0.1, 0.15) is 11.1 Å². The molecule has 1 amide bonds. The summed E-state index contributed by atoms with van der Waals surface area (Å²) < 4.78 is 5.20. The minimum Gasteiger partial charge on any atom is -0.444 e. The van der Waals surface area contributed by atoms with E-state index < -0.39 is 6.09 Å². The molecule has 3 rings (SSSR count). The fourth-order valence-corrected chi connectivity index (χ4v) is 3.34. The predicted molar refractivity (Wildman–Crippen MR) is 107 cm³/mol. The Hall–Kier alpha value is -2.94. The number of carbonyl (C=O) groups excluding carboxylic acids is 1. The van der Waals surface area contributed by atoms with Gasteiger partial charge in [0.05, 0.1) is 5.56 Å². The Kier molecular flexibility index (Phi) is 6.37.